The van der Waals surface area contributed by atoms with E-state index in [9.17, 15) is 17.2 Å². The SMILES string of the molecule is O=S1(=O)C[C@@H]2[C@@H](C1)N=C(SCc1ccccc1Cl)N2c1ccc(F)cc1F. The van der Waals surface area contributed by atoms with Crippen molar-refractivity contribution in [3.05, 3.63) is 64.7 Å². The molecule has 1 saturated heterocycles. The quantitative estimate of drug-likeness (QED) is 0.744. The minimum Gasteiger partial charge on any atom is -0.312 e. The van der Waals surface area contributed by atoms with Crippen LogP contribution >= 0.6 is 23.4 Å². The van der Waals surface area contributed by atoms with Crippen molar-refractivity contribution in [3.8, 4) is 0 Å². The zero-order valence-corrected chi connectivity index (χ0v) is 16.4. The normalized spacial score (nSPS) is 23.4. The van der Waals surface area contributed by atoms with E-state index in [0.29, 0.717) is 15.9 Å². The molecule has 0 N–H and O–H groups in total. The van der Waals surface area contributed by atoms with Gasteiger partial charge in [0, 0.05) is 16.8 Å². The molecule has 0 spiro atoms. The topological polar surface area (TPSA) is 49.7 Å². The highest BCUT2D eigenvalue weighted by Gasteiger charge is 2.47. The molecule has 2 aromatic rings. The van der Waals surface area contributed by atoms with Gasteiger partial charge in [-0.15, -0.1) is 0 Å². The Kier molecular flexibility index (Phi) is 4.90. The van der Waals surface area contributed by atoms with Crippen LogP contribution in [0.25, 0.3) is 0 Å². The summed E-state index contributed by atoms with van der Waals surface area (Å²) in [5.41, 5.74) is 1.03. The highest BCUT2D eigenvalue weighted by atomic mass is 35.5. The summed E-state index contributed by atoms with van der Waals surface area (Å²) in [6, 6.07) is 9.72. The molecule has 0 saturated carbocycles. The largest absolute Gasteiger partial charge is 0.312 e. The molecule has 0 amide bonds. The number of aliphatic imine (C=N–C) groups is 1. The maximum atomic E-state index is 14.4. The van der Waals surface area contributed by atoms with E-state index in [4.69, 9.17) is 11.6 Å². The Bertz CT molecular complexity index is 1030. The molecule has 0 radical (unpaired) electrons. The number of amidine groups is 1. The summed E-state index contributed by atoms with van der Waals surface area (Å²) in [7, 11) is -3.24. The van der Waals surface area contributed by atoms with Crippen LogP contribution in [-0.2, 0) is 15.6 Å². The van der Waals surface area contributed by atoms with Crippen molar-refractivity contribution in [1.29, 1.82) is 0 Å². The van der Waals surface area contributed by atoms with E-state index in [1.165, 1.54) is 17.8 Å². The first-order chi connectivity index (χ1) is 12.8. The van der Waals surface area contributed by atoms with E-state index in [0.717, 1.165) is 17.7 Å². The molecule has 142 valence electrons. The van der Waals surface area contributed by atoms with Gasteiger partial charge in [-0.2, -0.15) is 0 Å². The average Bonchev–Trinajstić information content (AvgIpc) is 3.06. The van der Waals surface area contributed by atoms with Gasteiger partial charge in [0.25, 0.3) is 0 Å². The highest BCUT2D eigenvalue weighted by molar-refractivity contribution is 8.13. The van der Waals surface area contributed by atoms with Crippen LogP contribution in [0.15, 0.2) is 47.5 Å². The van der Waals surface area contributed by atoms with Crippen LogP contribution < -0.4 is 4.90 Å². The minimum atomic E-state index is -3.24. The maximum Gasteiger partial charge on any atom is 0.164 e. The Hall–Kier alpha value is -1.64. The number of thioether (sulfide) groups is 1. The summed E-state index contributed by atoms with van der Waals surface area (Å²) in [5, 5.41) is 1.14. The van der Waals surface area contributed by atoms with Crippen molar-refractivity contribution in [3.63, 3.8) is 0 Å². The second kappa shape index (κ2) is 7.07. The zero-order valence-electron chi connectivity index (χ0n) is 14.0. The Balaban J connectivity index is 1.66. The van der Waals surface area contributed by atoms with Gasteiger partial charge in [-0.3, -0.25) is 4.99 Å². The van der Waals surface area contributed by atoms with Gasteiger partial charge >= 0.3 is 0 Å². The molecular formula is C18H15ClF2N2O2S2. The number of hydrogen-bond donors (Lipinski definition) is 0. The van der Waals surface area contributed by atoms with Crippen molar-refractivity contribution in [2.45, 2.75) is 17.8 Å². The molecular weight excluding hydrogens is 414 g/mol. The molecule has 1 fully saturated rings. The van der Waals surface area contributed by atoms with Gasteiger partial charge in [0.05, 0.1) is 29.3 Å². The molecule has 2 atom stereocenters. The summed E-state index contributed by atoms with van der Waals surface area (Å²) in [6.07, 6.45) is 0. The number of fused-ring (bicyclic) bond motifs is 1. The van der Waals surface area contributed by atoms with Crippen LogP contribution in [-0.4, -0.2) is 37.2 Å². The Morgan fingerprint density at radius 3 is 2.70 bits per heavy atom. The fraction of sp³-hybridized carbons (Fsp3) is 0.278. The van der Waals surface area contributed by atoms with E-state index in [-0.39, 0.29) is 17.2 Å². The standard InChI is InChI=1S/C18H15ClF2N2O2S2/c19-13-4-2-1-3-11(13)8-26-18-22-15-9-27(24,25)10-17(15)23(18)16-6-5-12(20)7-14(16)21/h1-7,15,17H,8-10H2/t15-,17-/m1/s1. The molecule has 2 aliphatic rings. The predicted molar refractivity (Wildman–Crippen MR) is 105 cm³/mol. The Morgan fingerprint density at radius 1 is 1.19 bits per heavy atom. The van der Waals surface area contributed by atoms with E-state index in [2.05, 4.69) is 4.99 Å². The van der Waals surface area contributed by atoms with Crippen molar-refractivity contribution in [2.75, 3.05) is 16.4 Å². The summed E-state index contributed by atoms with van der Waals surface area (Å²) < 4.78 is 51.8. The van der Waals surface area contributed by atoms with E-state index < -0.39 is 33.6 Å². The van der Waals surface area contributed by atoms with Crippen molar-refractivity contribution < 1.29 is 17.2 Å². The molecule has 0 aromatic heterocycles. The second-order valence-corrected chi connectivity index (χ2v) is 9.97. The number of halogens is 3. The third kappa shape index (κ3) is 3.70. The third-order valence-corrected chi connectivity index (χ3v) is 7.67. The van der Waals surface area contributed by atoms with E-state index >= 15 is 0 Å². The number of sulfone groups is 1. The fourth-order valence-electron chi connectivity index (χ4n) is 3.35. The van der Waals surface area contributed by atoms with Crippen LogP contribution in [0, 0.1) is 11.6 Å². The minimum absolute atomic E-state index is 0.0624. The molecule has 2 heterocycles. The Labute approximate surface area is 165 Å². The summed E-state index contributed by atoms with van der Waals surface area (Å²) in [6.45, 7) is 0. The van der Waals surface area contributed by atoms with Gasteiger partial charge in [-0.25, -0.2) is 17.2 Å². The van der Waals surface area contributed by atoms with Crippen LogP contribution in [0.1, 0.15) is 5.56 Å². The van der Waals surface area contributed by atoms with Gasteiger partial charge in [0.1, 0.15) is 11.6 Å². The fourth-order valence-corrected chi connectivity index (χ4v) is 6.59. The van der Waals surface area contributed by atoms with Gasteiger partial charge in [-0.05, 0) is 23.8 Å². The molecule has 2 aromatic carbocycles. The number of nitrogens with zero attached hydrogens (tertiary/aromatic N) is 2. The van der Waals surface area contributed by atoms with E-state index in [1.807, 2.05) is 18.2 Å². The molecule has 4 rings (SSSR count). The summed E-state index contributed by atoms with van der Waals surface area (Å²) >= 11 is 7.55. The molecule has 4 nitrogen and oxygen atoms in total. The molecule has 9 heteroatoms. The van der Waals surface area contributed by atoms with Gasteiger partial charge < -0.3 is 4.90 Å². The number of benzene rings is 2. The smallest absolute Gasteiger partial charge is 0.164 e. The molecule has 2 aliphatic heterocycles. The summed E-state index contributed by atoms with van der Waals surface area (Å²) in [5.74, 6) is -1.09. The lowest BCUT2D eigenvalue weighted by atomic mass is 10.1. The van der Waals surface area contributed by atoms with Gasteiger partial charge in [0.15, 0.2) is 15.0 Å². The first kappa shape index (κ1) is 18.7. The van der Waals surface area contributed by atoms with E-state index in [1.54, 1.807) is 11.0 Å². The number of anilines is 1. The van der Waals surface area contributed by atoms with Crippen molar-refractivity contribution >= 4 is 44.1 Å². The lowest BCUT2D eigenvalue weighted by molar-refractivity contribution is 0.577. The average molecular weight is 429 g/mol. The van der Waals surface area contributed by atoms with Crippen LogP contribution in [0.5, 0.6) is 0 Å². The number of rotatable bonds is 3. The van der Waals surface area contributed by atoms with Crippen LogP contribution in [0.4, 0.5) is 14.5 Å². The molecule has 0 unspecified atom stereocenters. The molecule has 0 aliphatic carbocycles. The van der Waals surface area contributed by atoms with Crippen LogP contribution in [0.3, 0.4) is 0 Å². The predicted octanol–water partition coefficient (Wildman–Crippen LogP) is 3.89. The maximum absolute atomic E-state index is 14.4. The third-order valence-electron chi connectivity index (χ3n) is 4.59. The van der Waals surface area contributed by atoms with Gasteiger partial charge in [0.2, 0.25) is 0 Å². The number of hydrogen-bond acceptors (Lipinski definition) is 5. The zero-order chi connectivity index (χ0) is 19.2. The summed E-state index contributed by atoms with van der Waals surface area (Å²) in [4.78, 5) is 6.12. The highest BCUT2D eigenvalue weighted by Crippen LogP contribution is 2.37. The second-order valence-electron chi connectivity index (χ2n) is 6.47. The first-order valence-corrected chi connectivity index (χ1v) is 11.4. The monoisotopic (exact) mass is 428 g/mol. The van der Waals surface area contributed by atoms with Crippen LogP contribution in [0.2, 0.25) is 5.02 Å². The first-order valence-electron chi connectivity index (χ1n) is 8.23. The Morgan fingerprint density at radius 2 is 1.96 bits per heavy atom. The lowest BCUT2D eigenvalue weighted by Gasteiger charge is -2.27. The molecule has 27 heavy (non-hydrogen) atoms. The van der Waals surface area contributed by atoms with Gasteiger partial charge in [-0.1, -0.05) is 41.6 Å². The molecule has 0 bridgehead atoms. The lowest BCUT2D eigenvalue weighted by Crippen LogP contribution is -2.39. The van der Waals surface area contributed by atoms with Crippen molar-refractivity contribution in [1.82, 2.24) is 0 Å². The van der Waals surface area contributed by atoms with Crippen molar-refractivity contribution in [2.24, 2.45) is 4.99 Å².